The number of benzene rings is 2. The van der Waals surface area contributed by atoms with E-state index in [-0.39, 0.29) is 22.7 Å². The number of aliphatic hydroxyl groups is 1. The monoisotopic (exact) mass is 402 g/mol. The largest absolute Gasteiger partial charge is 0.504 e. The second kappa shape index (κ2) is 9.33. The van der Waals surface area contributed by atoms with Gasteiger partial charge in [-0.3, -0.25) is 14.9 Å². The Morgan fingerprint density at radius 3 is 2.59 bits per heavy atom. The number of methoxy groups -OCH3 is 1. The van der Waals surface area contributed by atoms with Crippen LogP contribution < -0.4 is 10.1 Å². The summed E-state index contributed by atoms with van der Waals surface area (Å²) in [5.74, 6) is -2.22. The number of hydrogen-bond donors (Lipinski definition) is 4. The molecule has 29 heavy (non-hydrogen) atoms. The standard InChI is InChI=1S/C19H18N2O8/c1-29-15-9-11(5-7-14(15)22)6-8-16(23)20-17(19(25)26)18(24)12-3-2-4-13(10-12)21(27)28/h2-10,17-18,22,24H,1H3,(H,20,23)(H,25,26)/b8-6+. The minimum Gasteiger partial charge on any atom is -0.504 e. The Morgan fingerprint density at radius 1 is 1.24 bits per heavy atom. The maximum Gasteiger partial charge on any atom is 0.329 e. The van der Waals surface area contributed by atoms with E-state index in [9.17, 15) is 35.0 Å². The highest BCUT2D eigenvalue weighted by atomic mass is 16.6. The molecule has 2 aromatic rings. The zero-order chi connectivity index (χ0) is 21.6. The van der Waals surface area contributed by atoms with Crippen LogP contribution in [0.25, 0.3) is 6.08 Å². The Balaban J connectivity index is 2.15. The van der Waals surface area contributed by atoms with Crippen LogP contribution in [-0.4, -0.2) is 45.3 Å². The van der Waals surface area contributed by atoms with Gasteiger partial charge in [-0.1, -0.05) is 18.2 Å². The van der Waals surface area contributed by atoms with Crippen molar-refractivity contribution < 1.29 is 34.6 Å². The lowest BCUT2D eigenvalue weighted by Crippen LogP contribution is -2.44. The maximum absolute atomic E-state index is 12.1. The van der Waals surface area contributed by atoms with E-state index in [0.717, 1.165) is 12.1 Å². The molecular formula is C19H18N2O8. The van der Waals surface area contributed by atoms with E-state index in [0.29, 0.717) is 5.56 Å². The molecule has 0 spiro atoms. The fourth-order valence-corrected chi connectivity index (χ4v) is 2.46. The van der Waals surface area contributed by atoms with Crippen LogP contribution in [0.5, 0.6) is 11.5 Å². The van der Waals surface area contributed by atoms with E-state index in [2.05, 4.69) is 5.32 Å². The lowest BCUT2D eigenvalue weighted by atomic mass is 10.0. The molecule has 2 atom stereocenters. The number of hydrogen-bond acceptors (Lipinski definition) is 7. The summed E-state index contributed by atoms with van der Waals surface area (Å²) in [5.41, 5.74) is 0.151. The molecule has 0 fully saturated rings. The number of nitro benzene ring substituents is 1. The number of nitrogens with one attached hydrogen (secondary N) is 1. The van der Waals surface area contributed by atoms with Gasteiger partial charge < -0.3 is 25.4 Å². The average Bonchev–Trinajstić information content (AvgIpc) is 2.70. The third-order valence-corrected chi connectivity index (χ3v) is 3.93. The number of phenolic OH excluding ortho intramolecular Hbond substituents is 1. The number of aliphatic carboxylic acids is 1. The van der Waals surface area contributed by atoms with Crippen molar-refractivity contribution in [1.82, 2.24) is 5.32 Å². The highest BCUT2D eigenvalue weighted by molar-refractivity contribution is 5.94. The van der Waals surface area contributed by atoms with Crippen LogP contribution >= 0.6 is 0 Å². The molecule has 0 aliphatic heterocycles. The lowest BCUT2D eigenvalue weighted by molar-refractivity contribution is -0.385. The molecule has 0 aliphatic rings. The number of carbonyl (C=O) groups excluding carboxylic acids is 1. The molecular weight excluding hydrogens is 384 g/mol. The fourth-order valence-electron chi connectivity index (χ4n) is 2.46. The molecule has 152 valence electrons. The Morgan fingerprint density at radius 2 is 1.97 bits per heavy atom. The number of non-ortho nitro benzene ring substituents is 1. The zero-order valence-electron chi connectivity index (χ0n) is 15.2. The molecule has 0 heterocycles. The van der Waals surface area contributed by atoms with Crippen molar-refractivity contribution in [3.05, 3.63) is 69.8 Å². The number of carboxylic acid groups (broad SMARTS) is 1. The van der Waals surface area contributed by atoms with Gasteiger partial charge >= 0.3 is 5.97 Å². The second-order valence-corrected chi connectivity index (χ2v) is 5.89. The minimum atomic E-state index is -1.73. The first-order valence-corrected chi connectivity index (χ1v) is 8.23. The van der Waals surface area contributed by atoms with Crippen LogP contribution in [0.3, 0.4) is 0 Å². The first kappa shape index (κ1) is 21.4. The van der Waals surface area contributed by atoms with Crippen LogP contribution in [0.2, 0.25) is 0 Å². The normalized spacial score (nSPS) is 12.9. The van der Waals surface area contributed by atoms with E-state index in [1.165, 1.54) is 49.6 Å². The van der Waals surface area contributed by atoms with Gasteiger partial charge in [-0.15, -0.1) is 0 Å². The number of aromatic hydroxyl groups is 1. The smallest absolute Gasteiger partial charge is 0.329 e. The quantitative estimate of drug-likeness (QED) is 0.294. The van der Waals surface area contributed by atoms with E-state index in [1.54, 1.807) is 0 Å². The first-order chi connectivity index (χ1) is 13.7. The molecule has 1 amide bonds. The summed E-state index contributed by atoms with van der Waals surface area (Å²) in [6, 6.07) is 7.45. The van der Waals surface area contributed by atoms with E-state index in [4.69, 9.17) is 4.74 Å². The molecule has 0 radical (unpaired) electrons. The summed E-state index contributed by atoms with van der Waals surface area (Å²) < 4.78 is 4.95. The average molecular weight is 402 g/mol. The number of nitrogens with zero attached hydrogens (tertiary/aromatic N) is 1. The van der Waals surface area contributed by atoms with Gasteiger partial charge in [0, 0.05) is 18.2 Å². The molecule has 0 saturated heterocycles. The van der Waals surface area contributed by atoms with Crippen LogP contribution in [-0.2, 0) is 9.59 Å². The Labute approximate surface area is 164 Å². The molecule has 10 heteroatoms. The highest BCUT2D eigenvalue weighted by Crippen LogP contribution is 2.27. The Hall–Kier alpha value is -3.92. The predicted molar refractivity (Wildman–Crippen MR) is 101 cm³/mol. The topological polar surface area (TPSA) is 159 Å². The van der Waals surface area contributed by atoms with Crippen molar-refractivity contribution in [1.29, 1.82) is 0 Å². The number of amides is 1. The van der Waals surface area contributed by atoms with E-state index < -0.39 is 28.9 Å². The molecule has 0 saturated carbocycles. The van der Waals surface area contributed by atoms with Crippen LogP contribution in [0.1, 0.15) is 17.2 Å². The van der Waals surface area contributed by atoms with Crippen molar-refractivity contribution in [3.8, 4) is 11.5 Å². The van der Waals surface area contributed by atoms with Crippen LogP contribution in [0.4, 0.5) is 5.69 Å². The third-order valence-electron chi connectivity index (χ3n) is 3.93. The molecule has 2 rings (SSSR count). The van der Waals surface area contributed by atoms with Crippen LogP contribution in [0.15, 0.2) is 48.5 Å². The summed E-state index contributed by atoms with van der Waals surface area (Å²) in [5, 5.41) is 42.2. The van der Waals surface area contributed by atoms with Gasteiger partial charge in [0.2, 0.25) is 5.91 Å². The second-order valence-electron chi connectivity index (χ2n) is 5.89. The molecule has 0 aliphatic carbocycles. The number of nitro groups is 1. The van der Waals surface area contributed by atoms with E-state index >= 15 is 0 Å². The van der Waals surface area contributed by atoms with Crippen LogP contribution in [0, 0.1) is 10.1 Å². The third kappa shape index (κ3) is 5.53. The van der Waals surface area contributed by atoms with Gasteiger partial charge in [0.25, 0.3) is 5.69 Å². The first-order valence-electron chi connectivity index (χ1n) is 8.23. The van der Waals surface area contributed by atoms with Gasteiger partial charge in [-0.25, -0.2) is 4.79 Å². The minimum absolute atomic E-state index is 0.0286. The van der Waals surface area contributed by atoms with Crippen molar-refractivity contribution >= 4 is 23.6 Å². The predicted octanol–water partition coefficient (Wildman–Crippen LogP) is 1.63. The lowest BCUT2D eigenvalue weighted by Gasteiger charge is -2.20. The van der Waals surface area contributed by atoms with Gasteiger partial charge in [-0.05, 0) is 29.3 Å². The Kier molecular flexibility index (Phi) is 6.88. The summed E-state index contributed by atoms with van der Waals surface area (Å²) in [4.78, 5) is 33.8. The van der Waals surface area contributed by atoms with Gasteiger partial charge in [0.15, 0.2) is 17.5 Å². The van der Waals surface area contributed by atoms with Crippen molar-refractivity contribution in [2.24, 2.45) is 0 Å². The van der Waals surface area contributed by atoms with Gasteiger partial charge in [-0.2, -0.15) is 0 Å². The van der Waals surface area contributed by atoms with Crippen molar-refractivity contribution in [2.45, 2.75) is 12.1 Å². The molecule has 0 aromatic heterocycles. The molecule has 2 unspecified atom stereocenters. The van der Waals surface area contributed by atoms with Crippen molar-refractivity contribution in [3.63, 3.8) is 0 Å². The maximum atomic E-state index is 12.1. The summed E-state index contributed by atoms with van der Waals surface area (Å²) in [6.45, 7) is 0. The number of carbonyl (C=O) groups is 2. The SMILES string of the molecule is COc1cc(/C=C/C(=O)NC(C(=O)O)C(O)c2cccc([N+](=O)[O-])c2)ccc1O. The summed E-state index contributed by atoms with van der Waals surface area (Å²) >= 11 is 0. The van der Waals surface area contributed by atoms with Gasteiger partial charge in [0.1, 0.15) is 6.10 Å². The number of aliphatic hydroxyl groups excluding tert-OH is 1. The zero-order valence-corrected chi connectivity index (χ0v) is 15.2. The molecule has 4 N–H and O–H groups in total. The summed E-state index contributed by atoms with van der Waals surface area (Å²) in [6.07, 6.45) is 0.691. The summed E-state index contributed by atoms with van der Waals surface area (Å²) in [7, 11) is 1.36. The number of carboxylic acids is 1. The number of phenols is 1. The van der Waals surface area contributed by atoms with Crippen molar-refractivity contribution in [2.75, 3.05) is 7.11 Å². The Bertz CT molecular complexity index is 957. The number of rotatable bonds is 8. The fraction of sp³-hybridized carbons (Fsp3) is 0.158. The van der Waals surface area contributed by atoms with Gasteiger partial charge in [0.05, 0.1) is 12.0 Å². The molecule has 10 nitrogen and oxygen atoms in total. The highest BCUT2D eigenvalue weighted by Gasteiger charge is 2.29. The number of ether oxygens (including phenoxy) is 1. The molecule has 0 bridgehead atoms. The molecule has 2 aromatic carbocycles. The van der Waals surface area contributed by atoms with E-state index in [1.807, 2.05) is 0 Å².